The van der Waals surface area contributed by atoms with Crippen molar-refractivity contribution in [2.45, 2.75) is 32.4 Å². The Morgan fingerprint density at radius 1 is 1.48 bits per heavy atom. The number of methoxy groups -OCH3 is 1. The van der Waals surface area contributed by atoms with E-state index in [0.29, 0.717) is 0 Å². The van der Waals surface area contributed by atoms with Gasteiger partial charge in [-0.15, -0.1) is 11.3 Å². The molecule has 0 unspecified atom stereocenters. The van der Waals surface area contributed by atoms with Crippen LogP contribution in [-0.2, 0) is 20.9 Å². The highest BCUT2D eigenvalue weighted by Crippen LogP contribution is 2.07. The molecule has 0 aliphatic rings. The van der Waals surface area contributed by atoms with Crippen molar-refractivity contribution in [1.82, 2.24) is 15.6 Å². The second-order valence-corrected chi connectivity index (χ2v) is 5.16. The van der Waals surface area contributed by atoms with Gasteiger partial charge in [0.1, 0.15) is 11.0 Å². The predicted molar refractivity (Wildman–Crippen MR) is 74.9 cm³/mol. The third-order valence-electron chi connectivity index (χ3n) is 2.53. The second kappa shape index (κ2) is 8.20. The van der Waals surface area contributed by atoms with E-state index < -0.39 is 24.0 Å². The minimum Gasteiger partial charge on any atom is -0.480 e. The number of urea groups is 1. The summed E-state index contributed by atoms with van der Waals surface area (Å²) in [6.07, 6.45) is -0.120. The van der Waals surface area contributed by atoms with Gasteiger partial charge in [-0.1, -0.05) is 0 Å². The van der Waals surface area contributed by atoms with E-state index in [4.69, 9.17) is 5.11 Å². The molecule has 0 bridgehead atoms. The molecule has 1 atom stereocenters. The fourth-order valence-corrected chi connectivity index (χ4v) is 2.18. The topological polar surface area (TPSA) is 118 Å². The Kier molecular flexibility index (Phi) is 6.60. The van der Waals surface area contributed by atoms with Crippen LogP contribution in [0.4, 0.5) is 4.79 Å². The quantitative estimate of drug-likeness (QED) is 0.636. The summed E-state index contributed by atoms with van der Waals surface area (Å²) in [4.78, 5) is 37.8. The number of ether oxygens (including phenoxy) is 1. The van der Waals surface area contributed by atoms with Gasteiger partial charge in [-0.2, -0.15) is 0 Å². The lowest BCUT2D eigenvalue weighted by molar-refractivity contribution is -0.142. The SMILES string of the molecule is COC(=O)CC[C@@H](NC(=O)NCc1nc(C)cs1)C(=O)O. The summed E-state index contributed by atoms with van der Waals surface area (Å²) in [5.41, 5.74) is 0.860. The number of carboxylic acids is 1. The summed E-state index contributed by atoms with van der Waals surface area (Å²) in [5, 5.41) is 16.4. The molecule has 0 saturated heterocycles. The normalized spacial score (nSPS) is 11.5. The number of hydrogen-bond donors (Lipinski definition) is 3. The molecule has 0 aromatic carbocycles. The van der Waals surface area contributed by atoms with Gasteiger partial charge in [-0.25, -0.2) is 14.6 Å². The first kappa shape index (κ1) is 16.9. The lowest BCUT2D eigenvalue weighted by atomic mass is 10.1. The molecule has 3 N–H and O–H groups in total. The number of aryl methyl sites for hydroxylation is 1. The number of nitrogens with one attached hydrogen (secondary N) is 2. The number of carbonyl (C=O) groups is 3. The van der Waals surface area contributed by atoms with Gasteiger partial charge in [0, 0.05) is 17.5 Å². The van der Waals surface area contributed by atoms with Crippen LogP contribution < -0.4 is 10.6 Å². The Bertz CT molecular complexity index is 517. The van der Waals surface area contributed by atoms with Gasteiger partial charge in [-0.3, -0.25) is 4.79 Å². The zero-order valence-corrected chi connectivity index (χ0v) is 12.5. The van der Waals surface area contributed by atoms with Gasteiger partial charge in [0.15, 0.2) is 0 Å². The van der Waals surface area contributed by atoms with Crippen LogP contribution >= 0.6 is 11.3 Å². The van der Waals surface area contributed by atoms with Crippen LogP contribution in [0.5, 0.6) is 0 Å². The molecule has 1 aromatic rings. The molecule has 8 nitrogen and oxygen atoms in total. The van der Waals surface area contributed by atoms with E-state index >= 15 is 0 Å². The minimum atomic E-state index is -1.21. The van der Waals surface area contributed by atoms with Crippen LogP contribution in [0.25, 0.3) is 0 Å². The van der Waals surface area contributed by atoms with Crippen molar-refractivity contribution in [3.8, 4) is 0 Å². The van der Waals surface area contributed by atoms with Crippen molar-refractivity contribution in [1.29, 1.82) is 0 Å². The molecule has 1 rings (SSSR count). The van der Waals surface area contributed by atoms with Crippen LogP contribution in [0.2, 0.25) is 0 Å². The summed E-state index contributed by atoms with van der Waals surface area (Å²) in [7, 11) is 1.22. The number of hydrogen-bond acceptors (Lipinski definition) is 6. The second-order valence-electron chi connectivity index (χ2n) is 4.22. The number of aromatic nitrogens is 1. The Hall–Kier alpha value is -2.16. The number of esters is 1. The molecule has 0 saturated carbocycles. The fourth-order valence-electron chi connectivity index (χ4n) is 1.47. The summed E-state index contributed by atoms with van der Waals surface area (Å²) in [6.45, 7) is 2.06. The van der Waals surface area contributed by atoms with E-state index in [9.17, 15) is 14.4 Å². The van der Waals surface area contributed by atoms with E-state index in [0.717, 1.165) is 10.7 Å². The predicted octanol–water partition coefficient (Wildman–Crippen LogP) is 0.657. The number of carboxylic acid groups (broad SMARTS) is 1. The number of nitrogens with zero attached hydrogens (tertiary/aromatic N) is 1. The largest absolute Gasteiger partial charge is 0.480 e. The van der Waals surface area contributed by atoms with Crippen LogP contribution in [-0.4, -0.2) is 41.2 Å². The highest BCUT2D eigenvalue weighted by atomic mass is 32.1. The molecule has 0 radical (unpaired) electrons. The fraction of sp³-hybridized carbons (Fsp3) is 0.500. The number of carbonyl (C=O) groups excluding carboxylic acids is 2. The Morgan fingerprint density at radius 3 is 2.71 bits per heavy atom. The summed E-state index contributed by atoms with van der Waals surface area (Å²) < 4.78 is 4.43. The Balaban J connectivity index is 2.41. The summed E-state index contributed by atoms with van der Waals surface area (Å²) in [5.74, 6) is -1.74. The highest BCUT2D eigenvalue weighted by Gasteiger charge is 2.21. The van der Waals surface area contributed by atoms with Crippen molar-refractivity contribution >= 4 is 29.3 Å². The first-order valence-corrected chi connectivity index (χ1v) is 7.05. The van der Waals surface area contributed by atoms with E-state index in [1.807, 2.05) is 12.3 Å². The lowest BCUT2D eigenvalue weighted by Gasteiger charge is -2.14. The van der Waals surface area contributed by atoms with Gasteiger partial charge in [0.05, 0.1) is 13.7 Å². The molecule has 1 aromatic heterocycles. The zero-order chi connectivity index (χ0) is 15.8. The first-order valence-electron chi connectivity index (χ1n) is 6.17. The van der Waals surface area contributed by atoms with Crippen molar-refractivity contribution < 1.29 is 24.2 Å². The molecule has 0 aliphatic heterocycles. The smallest absolute Gasteiger partial charge is 0.326 e. The maximum Gasteiger partial charge on any atom is 0.326 e. The third kappa shape index (κ3) is 6.21. The monoisotopic (exact) mass is 315 g/mol. The van der Waals surface area contributed by atoms with Crippen LogP contribution in [0, 0.1) is 6.92 Å². The minimum absolute atomic E-state index is 0.0359. The van der Waals surface area contributed by atoms with Gasteiger partial charge in [0.2, 0.25) is 0 Å². The number of rotatable bonds is 7. The molecule has 0 spiro atoms. The molecule has 2 amide bonds. The molecule has 116 valence electrons. The summed E-state index contributed by atoms with van der Waals surface area (Å²) in [6, 6.07) is -1.78. The molecular formula is C12H17N3O5S. The highest BCUT2D eigenvalue weighted by molar-refractivity contribution is 7.09. The molecule has 1 heterocycles. The average molecular weight is 315 g/mol. The zero-order valence-electron chi connectivity index (χ0n) is 11.7. The Morgan fingerprint density at radius 2 is 2.19 bits per heavy atom. The van der Waals surface area contributed by atoms with Crippen molar-refractivity contribution in [3.63, 3.8) is 0 Å². The maximum absolute atomic E-state index is 11.6. The van der Waals surface area contributed by atoms with Crippen LogP contribution in [0.1, 0.15) is 23.5 Å². The van der Waals surface area contributed by atoms with Crippen molar-refractivity contribution in [2.75, 3.05) is 7.11 Å². The van der Waals surface area contributed by atoms with E-state index in [-0.39, 0.29) is 19.4 Å². The average Bonchev–Trinajstić information content (AvgIpc) is 2.86. The van der Waals surface area contributed by atoms with Gasteiger partial charge >= 0.3 is 18.0 Å². The Labute approximate surface area is 125 Å². The number of thiazole rings is 1. The number of amides is 2. The van der Waals surface area contributed by atoms with Crippen LogP contribution in [0.3, 0.4) is 0 Å². The van der Waals surface area contributed by atoms with E-state index in [2.05, 4.69) is 20.4 Å². The van der Waals surface area contributed by atoms with E-state index in [1.54, 1.807) is 0 Å². The third-order valence-corrected chi connectivity index (χ3v) is 3.50. The molecule has 0 aliphatic carbocycles. The van der Waals surface area contributed by atoms with Crippen molar-refractivity contribution in [3.05, 3.63) is 16.1 Å². The van der Waals surface area contributed by atoms with Gasteiger partial charge in [-0.05, 0) is 13.3 Å². The molecule has 21 heavy (non-hydrogen) atoms. The van der Waals surface area contributed by atoms with Crippen LogP contribution in [0.15, 0.2) is 5.38 Å². The molecule has 0 fully saturated rings. The standard InChI is InChI=1S/C12H17N3O5S/c1-7-6-21-9(14-7)5-13-12(19)15-8(11(17)18)3-4-10(16)20-2/h6,8H,3-5H2,1-2H3,(H,17,18)(H2,13,15,19)/t8-/m1/s1. The van der Waals surface area contributed by atoms with Gasteiger partial charge in [0.25, 0.3) is 0 Å². The van der Waals surface area contributed by atoms with E-state index in [1.165, 1.54) is 18.4 Å². The maximum atomic E-state index is 11.6. The van der Waals surface area contributed by atoms with Gasteiger partial charge < -0.3 is 20.5 Å². The molecular weight excluding hydrogens is 298 g/mol. The lowest BCUT2D eigenvalue weighted by Crippen LogP contribution is -2.46. The number of aliphatic carboxylic acids is 1. The summed E-state index contributed by atoms with van der Waals surface area (Å²) >= 11 is 1.40. The molecule has 9 heteroatoms. The first-order chi connectivity index (χ1) is 9.92. The van der Waals surface area contributed by atoms with Crippen molar-refractivity contribution in [2.24, 2.45) is 0 Å².